The molecule has 3 rings (SSSR count). The standard InChI is InChI=1S/C15H25N3/c1-12(2)18-10-8-14(16-18)11-17-9-4-6-13-5-3-7-15(13)17/h8,10,12-13,15H,3-7,9,11H2,1-2H3. The minimum Gasteiger partial charge on any atom is -0.294 e. The Bertz CT molecular complexity index is 396. The van der Waals surface area contributed by atoms with E-state index in [0.717, 1.165) is 18.5 Å². The molecule has 100 valence electrons. The van der Waals surface area contributed by atoms with E-state index >= 15 is 0 Å². The molecule has 1 aromatic heterocycles. The highest BCUT2D eigenvalue weighted by Gasteiger charge is 2.34. The first kappa shape index (κ1) is 12.2. The van der Waals surface area contributed by atoms with Crippen LogP contribution in [-0.2, 0) is 6.54 Å². The van der Waals surface area contributed by atoms with Gasteiger partial charge in [0.2, 0.25) is 0 Å². The maximum absolute atomic E-state index is 4.69. The number of aromatic nitrogens is 2. The number of likely N-dealkylation sites (tertiary alicyclic amines) is 1. The van der Waals surface area contributed by atoms with Crippen LogP contribution >= 0.6 is 0 Å². The van der Waals surface area contributed by atoms with E-state index in [0.29, 0.717) is 6.04 Å². The van der Waals surface area contributed by atoms with Gasteiger partial charge >= 0.3 is 0 Å². The van der Waals surface area contributed by atoms with Crippen LogP contribution in [0.5, 0.6) is 0 Å². The molecule has 2 unspecified atom stereocenters. The second kappa shape index (κ2) is 5.04. The summed E-state index contributed by atoms with van der Waals surface area (Å²) in [6.07, 6.45) is 9.27. The van der Waals surface area contributed by atoms with Gasteiger partial charge in [0, 0.05) is 24.8 Å². The highest BCUT2D eigenvalue weighted by molar-refractivity contribution is 5.01. The van der Waals surface area contributed by atoms with Crippen LogP contribution in [0.3, 0.4) is 0 Å². The first-order valence-electron chi connectivity index (χ1n) is 7.52. The zero-order chi connectivity index (χ0) is 12.5. The second-order valence-electron chi connectivity index (χ2n) is 6.25. The van der Waals surface area contributed by atoms with Gasteiger partial charge in [-0.2, -0.15) is 5.10 Å². The van der Waals surface area contributed by atoms with Crippen LogP contribution in [0.2, 0.25) is 0 Å². The van der Waals surface area contributed by atoms with E-state index in [9.17, 15) is 0 Å². The van der Waals surface area contributed by atoms with E-state index < -0.39 is 0 Å². The quantitative estimate of drug-likeness (QED) is 0.817. The fraction of sp³-hybridized carbons (Fsp3) is 0.800. The third-order valence-corrected chi connectivity index (χ3v) is 4.67. The Hall–Kier alpha value is -0.830. The van der Waals surface area contributed by atoms with Crippen LogP contribution in [0.15, 0.2) is 12.3 Å². The van der Waals surface area contributed by atoms with Crippen molar-refractivity contribution in [2.24, 2.45) is 5.92 Å². The molecule has 0 spiro atoms. The van der Waals surface area contributed by atoms with Crippen molar-refractivity contribution in [3.05, 3.63) is 18.0 Å². The van der Waals surface area contributed by atoms with Crippen LogP contribution in [-0.4, -0.2) is 27.3 Å². The van der Waals surface area contributed by atoms with E-state index in [2.05, 4.69) is 35.7 Å². The minimum atomic E-state index is 0.472. The fourth-order valence-corrected chi connectivity index (χ4v) is 3.71. The smallest absolute Gasteiger partial charge is 0.0764 e. The zero-order valence-corrected chi connectivity index (χ0v) is 11.7. The summed E-state index contributed by atoms with van der Waals surface area (Å²) in [4.78, 5) is 2.69. The molecule has 1 aromatic rings. The second-order valence-corrected chi connectivity index (χ2v) is 6.25. The maximum atomic E-state index is 4.69. The Morgan fingerprint density at radius 3 is 2.89 bits per heavy atom. The number of rotatable bonds is 3. The molecule has 3 nitrogen and oxygen atoms in total. The fourth-order valence-electron chi connectivity index (χ4n) is 3.71. The number of fused-ring (bicyclic) bond motifs is 1. The van der Waals surface area contributed by atoms with Crippen molar-refractivity contribution in [2.75, 3.05) is 6.54 Å². The van der Waals surface area contributed by atoms with Crippen molar-refractivity contribution >= 4 is 0 Å². The molecule has 18 heavy (non-hydrogen) atoms. The van der Waals surface area contributed by atoms with Crippen LogP contribution in [0.4, 0.5) is 0 Å². The summed E-state index contributed by atoms with van der Waals surface area (Å²) in [6, 6.07) is 3.51. The van der Waals surface area contributed by atoms with Gasteiger partial charge in [0.15, 0.2) is 0 Å². The summed E-state index contributed by atoms with van der Waals surface area (Å²) in [5.74, 6) is 0.978. The number of hydrogen-bond acceptors (Lipinski definition) is 2. The average molecular weight is 247 g/mol. The van der Waals surface area contributed by atoms with Crippen molar-refractivity contribution in [3.8, 4) is 0 Å². The van der Waals surface area contributed by atoms with Gasteiger partial charge in [0.05, 0.1) is 5.69 Å². The molecule has 0 bridgehead atoms. The van der Waals surface area contributed by atoms with E-state index in [1.54, 1.807) is 0 Å². The highest BCUT2D eigenvalue weighted by Crippen LogP contribution is 2.37. The van der Waals surface area contributed by atoms with Gasteiger partial charge in [-0.1, -0.05) is 6.42 Å². The molecule has 0 aromatic carbocycles. The van der Waals surface area contributed by atoms with Gasteiger partial charge in [-0.15, -0.1) is 0 Å². The lowest BCUT2D eigenvalue weighted by Gasteiger charge is -2.37. The first-order valence-corrected chi connectivity index (χ1v) is 7.52. The SMILES string of the molecule is CC(C)n1ccc(CN2CCCC3CCCC32)n1. The van der Waals surface area contributed by atoms with E-state index in [1.807, 2.05) is 0 Å². The van der Waals surface area contributed by atoms with Crippen molar-refractivity contribution in [1.82, 2.24) is 14.7 Å². The number of hydrogen-bond donors (Lipinski definition) is 0. The Balaban J connectivity index is 1.67. The molecule has 1 saturated carbocycles. The molecule has 0 N–H and O–H groups in total. The molecule has 2 atom stereocenters. The largest absolute Gasteiger partial charge is 0.294 e. The molecule has 0 radical (unpaired) electrons. The van der Waals surface area contributed by atoms with Gasteiger partial charge in [-0.25, -0.2) is 0 Å². The third-order valence-electron chi connectivity index (χ3n) is 4.67. The molecule has 1 saturated heterocycles. The molecule has 2 heterocycles. The van der Waals surface area contributed by atoms with Gasteiger partial charge in [0.25, 0.3) is 0 Å². The van der Waals surface area contributed by atoms with Crippen LogP contribution in [0, 0.1) is 5.92 Å². The van der Waals surface area contributed by atoms with Gasteiger partial charge in [0.1, 0.15) is 0 Å². The summed E-state index contributed by atoms with van der Waals surface area (Å²) in [5.41, 5.74) is 1.25. The van der Waals surface area contributed by atoms with E-state index in [-0.39, 0.29) is 0 Å². The van der Waals surface area contributed by atoms with Crippen molar-refractivity contribution in [1.29, 1.82) is 0 Å². The van der Waals surface area contributed by atoms with Crippen LogP contribution in [0.25, 0.3) is 0 Å². The van der Waals surface area contributed by atoms with E-state index in [1.165, 1.54) is 44.3 Å². The predicted molar refractivity (Wildman–Crippen MR) is 73.4 cm³/mol. The number of piperidine rings is 1. The molecular formula is C15H25N3. The summed E-state index contributed by atoms with van der Waals surface area (Å²) >= 11 is 0. The molecular weight excluding hydrogens is 222 g/mol. The van der Waals surface area contributed by atoms with Crippen LogP contribution < -0.4 is 0 Å². The molecule has 3 heteroatoms. The zero-order valence-electron chi connectivity index (χ0n) is 11.7. The summed E-state index contributed by atoms with van der Waals surface area (Å²) in [5, 5.41) is 4.69. The monoisotopic (exact) mass is 247 g/mol. The van der Waals surface area contributed by atoms with Gasteiger partial charge in [-0.05, 0) is 58.1 Å². The Morgan fingerprint density at radius 1 is 1.28 bits per heavy atom. The molecule has 1 aliphatic carbocycles. The summed E-state index contributed by atoms with van der Waals surface area (Å²) in [7, 11) is 0. The van der Waals surface area contributed by atoms with Crippen molar-refractivity contribution < 1.29 is 0 Å². The highest BCUT2D eigenvalue weighted by atomic mass is 15.3. The van der Waals surface area contributed by atoms with E-state index in [4.69, 9.17) is 5.10 Å². The minimum absolute atomic E-state index is 0.472. The topological polar surface area (TPSA) is 21.1 Å². The average Bonchev–Trinajstić information content (AvgIpc) is 2.97. The molecule has 1 aliphatic heterocycles. The van der Waals surface area contributed by atoms with Crippen molar-refractivity contribution in [3.63, 3.8) is 0 Å². The molecule has 2 fully saturated rings. The van der Waals surface area contributed by atoms with Gasteiger partial charge < -0.3 is 0 Å². The van der Waals surface area contributed by atoms with Crippen molar-refractivity contribution in [2.45, 2.75) is 64.6 Å². The lowest BCUT2D eigenvalue weighted by Crippen LogP contribution is -2.41. The summed E-state index contributed by atoms with van der Waals surface area (Å²) in [6.45, 7) is 6.70. The summed E-state index contributed by atoms with van der Waals surface area (Å²) < 4.78 is 2.07. The lowest BCUT2D eigenvalue weighted by molar-refractivity contribution is 0.104. The maximum Gasteiger partial charge on any atom is 0.0764 e. The molecule has 2 aliphatic rings. The first-order chi connectivity index (χ1) is 8.74. The normalized spacial score (nSPS) is 28.8. The third kappa shape index (κ3) is 2.33. The predicted octanol–water partition coefficient (Wildman–Crippen LogP) is 3.23. The Labute approximate surface area is 110 Å². The van der Waals surface area contributed by atoms with Crippen LogP contribution in [0.1, 0.15) is 57.7 Å². The molecule has 0 amide bonds. The number of nitrogens with zero attached hydrogens (tertiary/aromatic N) is 3. The Morgan fingerprint density at radius 2 is 2.11 bits per heavy atom. The lowest BCUT2D eigenvalue weighted by atomic mass is 9.92. The Kier molecular flexibility index (Phi) is 3.42. The van der Waals surface area contributed by atoms with Gasteiger partial charge in [-0.3, -0.25) is 9.58 Å².